The van der Waals surface area contributed by atoms with Gasteiger partial charge in [-0.15, -0.1) is 0 Å². The summed E-state index contributed by atoms with van der Waals surface area (Å²) in [6, 6.07) is 5.98. The number of imidazole rings is 1. The summed E-state index contributed by atoms with van der Waals surface area (Å²) in [5, 5.41) is 0. The fourth-order valence-corrected chi connectivity index (χ4v) is 2.61. The maximum Gasteiger partial charge on any atom is 0.323 e. The maximum atomic E-state index is 11.3. The molecular formula is C13H20N4O. The molecule has 0 saturated carbocycles. The van der Waals surface area contributed by atoms with Gasteiger partial charge in [0, 0.05) is 5.54 Å². The van der Waals surface area contributed by atoms with Crippen molar-refractivity contribution >= 4 is 11.0 Å². The lowest BCUT2D eigenvalue weighted by Gasteiger charge is -2.36. The normalized spacial score (nSPS) is 14.3. The molecule has 5 heteroatoms. The first-order chi connectivity index (χ1) is 8.29. The molecule has 0 amide bonds. The number of fused-ring (bicyclic) bond motifs is 1. The first-order valence-electron chi connectivity index (χ1n) is 5.96. The van der Waals surface area contributed by atoms with Crippen molar-refractivity contribution < 1.29 is 0 Å². The monoisotopic (exact) mass is 248 g/mol. The second-order valence-corrected chi connectivity index (χ2v) is 5.57. The number of nitrogens with two attached hydrogens (primary N) is 1. The number of nitrogens with one attached hydrogen (secondary N) is 2. The molecule has 0 spiro atoms. The maximum absolute atomic E-state index is 11.3. The Morgan fingerprint density at radius 2 is 1.83 bits per heavy atom. The van der Waals surface area contributed by atoms with Gasteiger partial charge < -0.3 is 20.6 Å². The van der Waals surface area contributed by atoms with E-state index in [0.29, 0.717) is 0 Å². The van der Waals surface area contributed by atoms with Crippen LogP contribution in [-0.2, 0) is 0 Å². The van der Waals surface area contributed by atoms with E-state index in [2.05, 4.69) is 14.9 Å². The van der Waals surface area contributed by atoms with Gasteiger partial charge in [0.2, 0.25) is 0 Å². The third-order valence-corrected chi connectivity index (χ3v) is 3.08. The molecule has 0 aliphatic heterocycles. The number of H-pyrrole nitrogens is 2. The number of rotatable bonds is 3. The predicted octanol–water partition coefficient (Wildman–Crippen LogP) is 1.20. The summed E-state index contributed by atoms with van der Waals surface area (Å²) >= 11 is 0. The van der Waals surface area contributed by atoms with Gasteiger partial charge in [-0.2, -0.15) is 0 Å². The van der Waals surface area contributed by atoms with Crippen LogP contribution in [0.1, 0.15) is 25.5 Å². The predicted molar refractivity (Wildman–Crippen MR) is 73.6 cm³/mol. The Labute approximate surface area is 106 Å². The minimum atomic E-state index is -0.367. The number of hydrogen-bond donors (Lipinski definition) is 3. The average molecular weight is 248 g/mol. The SMILES string of the molecule is CN(C)C(c1ccc2[nH]c(=O)[nH]c2c1)C(C)(C)N. The van der Waals surface area contributed by atoms with Crippen LogP contribution in [0.3, 0.4) is 0 Å². The Morgan fingerprint density at radius 3 is 2.39 bits per heavy atom. The van der Waals surface area contributed by atoms with Crippen LogP contribution in [0.25, 0.3) is 11.0 Å². The van der Waals surface area contributed by atoms with Crippen LogP contribution in [0.2, 0.25) is 0 Å². The van der Waals surface area contributed by atoms with Crippen LogP contribution >= 0.6 is 0 Å². The molecule has 1 aromatic heterocycles. The molecule has 5 nitrogen and oxygen atoms in total. The smallest absolute Gasteiger partial charge is 0.323 e. The van der Waals surface area contributed by atoms with Gasteiger partial charge in [0.1, 0.15) is 0 Å². The molecule has 0 bridgehead atoms. The summed E-state index contributed by atoms with van der Waals surface area (Å²) in [4.78, 5) is 18.9. The minimum Gasteiger partial charge on any atom is -0.324 e. The Kier molecular flexibility index (Phi) is 3.04. The van der Waals surface area contributed by atoms with E-state index in [1.54, 1.807) is 0 Å². The molecule has 98 valence electrons. The number of aromatic nitrogens is 2. The standard InChI is InChI=1S/C13H20N4O/c1-13(2,14)11(17(3)4)8-5-6-9-10(7-8)16-12(18)15-9/h5-7,11H,14H2,1-4H3,(H2,15,16,18). The third kappa shape index (κ3) is 2.32. The Balaban J connectivity index is 2.54. The number of nitrogens with zero attached hydrogens (tertiary/aromatic N) is 1. The highest BCUT2D eigenvalue weighted by Crippen LogP contribution is 2.29. The Hall–Kier alpha value is -1.59. The Bertz CT molecular complexity index is 603. The zero-order valence-corrected chi connectivity index (χ0v) is 11.2. The van der Waals surface area contributed by atoms with E-state index in [1.165, 1.54) is 0 Å². The van der Waals surface area contributed by atoms with E-state index in [4.69, 9.17) is 5.73 Å². The topological polar surface area (TPSA) is 77.9 Å². The first kappa shape index (κ1) is 12.9. The molecule has 1 heterocycles. The van der Waals surface area contributed by atoms with Crippen molar-refractivity contribution in [1.82, 2.24) is 14.9 Å². The summed E-state index contributed by atoms with van der Waals surface area (Å²) in [7, 11) is 4.01. The summed E-state index contributed by atoms with van der Waals surface area (Å²) in [5.74, 6) is 0. The van der Waals surface area contributed by atoms with Crippen molar-refractivity contribution in [3.05, 3.63) is 34.2 Å². The summed E-state index contributed by atoms with van der Waals surface area (Å²) in [6.45, 7) is 4.00. The van der Waals surface area contributed by atoms with Crippen molar-refractivity contribution in [1.29, 1.82) is 0 Å². The van der Waals surface area contributed by atoms with Crippen molar-refractivity contribution in [2.24, 2.45) is 5.73 Å². The van der Waals surface area contributed by atoms with E-state index in [1.807, 2.05) is 46.1 Å². The molecule has 2 aromatic rings. The fourth-order valence-electron chi connectivity index (χ4n) is 2.61. The zero-order chi connectivity index (χ0) is 13.5. The van der Waals surface area contributed by atoms with Gasteiger partial charge in [-0.3, -0.25) is 0 Å². The van der Waals surface area contributed by atoms with Crippen LogP contribution in [0.5, 0.6) is 0 Å². The number of likely N-dealkylation sites (N-methyl/N-ethyl adjacent to an activating group) is 1. The summed E-state index contributed by atoms with van der Waals surface area (Å²) in [5.41, 5.74) is 8.41. The second kappa shape index (κ2) is 4.26. The summed E-state index contributed by atoms with van der Waals surface area (Å²) < 4.78 is 0. The molecule has 0 aliphatic carbocycles. The molecule has 1 atom stereocenters. The van der Waals surface area contributed by atoms with Crippen LogP contribution in [0, 0.1) is 0 Å². The van der Waals surface area contributed by atoms with E-state index in [-0.39, 0.29) is 17.3 Å². The Morgan fingerprint density at radius 1 is 1.22 bits per heavy atom. The lowest BCUT2D eigenvalue weighted by atomic mass is 9.88. The van der Waals surface area contributed by atoms with E-state index in [0.717, 1.165) is 16.6 Å². The summed E-state index contributed by atoms with van der Waals surface area (Å²) in [6.07, 6.45) is 0. The lowest BCUT2D eigenvalue weighted by Crippen LogP contribution is -2.45. The van der Waals surface area contributed by atoms with Crippen molar-refractivity contribution in [3.63, 3.8) is 0 Å². The van der Waals surface area contributed by atoms with Crippen LogP contribution in [-0.4, -0.2) is 34.5 Å². The highest BCUT2D eigenvalue weighted by atomic mass is 16.1. The van der Waals surface area contributed by atoms with Crippen molar-refractivity contribution in [2.75, 3.05) is 14.1 Å². The van der Waals surface area contributed by atoms with Gasteiger partial charge in [-0.25, -0.2) is 4.79 Å². The molecular weight excluding hydrogens is 228 g/mol. The second-order valence-electron chi connectivity index (χ2n) is 5.57. The van der Waals surface area contributed by atoms with Gasteiger partial charge in [0.25, 0.3) is 0 Å². The van der Waals surface area contributed by atoms with Crippen LogP contribution < -0.4 is 11.4 Å². The van der Waals surface area contributed by atoms with Gasteiger partial charge in [-0.05, 0) is 45.6 Å². The molecule has 4 N–H and O–H groups in total. The minimum absolute atomic E-state index is 0.0836. The number of aromatic amines is 2. The van der Waals surface area contributed by atoms with Crippen molar-refractivity contribution in [3.8, 4) is 0 Å². The zero-order valence-electron chi connectivity index (χ0n) is 11.2. The van der Waals surface area contributed by atoms with Gasteiger partial charge >= 0.3 is 5.69 Å². The number of hydrogen-bond acceptors (Lipinski definition) is 3. The van der Waals surface area contributed by atoms with Crippen LogP contribution in [0.15, 0.2) is 23.0 Å². The van der Waals surface area contributed by atoms with E-state index < -0.39 is 0 Å². The molecule has 0 saturated heterocycles. The van der Waals surface area contributed by atoms with Crippen LogP contribution in [0.4, 0.5) is 0 Å². The molecule has 1 unspecified atom stereocenters. The molecule has 18 heavy (non-hydrogen) atoms. The third-order valence-electron chi connectivity index (χ3n) is 3.08. The number of benzene rings is 1. The largest absolute Gasteiger partial charge is 0.324 e. The van der Waals surface area contributed by atoms with Gasteiger partial charge in [-0.1, -0.05) is 6.07 Å². The quantitative estimate of drug-likeness (QED) is 0.763. The van der Waals surface area contributed by atoms with Crippen molar-refractivity contribution in [2.45, 2.75) is 25.4 Å². The van der Waals surface area contributed by atoms with Gasteiger partial charge in [0.05, 0.1) is 17.1 Å². The van der Waals surface area contributed by atoms with E-state index >= 15 is 0 Å². The highest BCUT2D eigenvalue weighted by Gasteiger charge is 2.28. The molecule has 1 aromatic carbocycles. The molecule has 0 aliphatic rings. The molecule has 0 fully saturated rings. The van der Waals surface area contributed by atoms with Gasteiger partial charge in [0.15, 0.2) is 0 Å². The molecule has 0 radical (unpaired) electrons. The van der Waals surface area contributed by atoms with E-state index in [9.17, 15) is 4.79 Å². The lowest BCUT2D eigenvalue weighted by molar-refractivity contribution is 0.205. The molecule has 2 rings (SSSR count). The highest BCUT2D eigenvalue weighted by molar-refractivity contribution is 5.75. The first-order valence-corrected chi connectivity index (χ1v) is 5.96. The average Bonchev–Trinajstić information content (AvgIpc) is 2.54. The fraction of sp³-hybridized carbons (Fsp3) is 0.462.